The third-order valence-corrected chi connectivity index (χ3v) is 10.2. The molecule has 0 aliphatic rings. The quantitative estimate of drug-likeness (QED) is 0.0904. The number of rotatable bonds is 13. The van der Waals surface area contributed by atoms with Gasteiger partial charge in [0.1, 0.15) is 11.1 Å². The molecule has 0 radical (unpaired) electrons. The van der Waals surface area contributed by atoms with Crippen molar-refractivity contribution in [2.24, 2.45) is 0 Å². The second-order valence-corrected chi connectivity index (χ2v) is 13.3. The highest BCUT2D eigenvalue weighted by Gasteiger charge is 2.46. The Bertz CT molecular complexity index is 2270. The van der Waals surface area contributed by atoms with E-state index < -0.39 is 18.2 Å². The molecule has 0 aliphatic heterocycles. The highest BCUT2D eigenvalue weighted by atomic mass is 16.6. The minimum absolute atomic E-state index is 0.111. The molecule has 0 atom stereocenters. The van der Waals surface area contributed by atoms with Gasteiger partial charge in [0.2, 0.25) is 0 Å². The van der Waals surface area contributed by atoms with E-state index in [1.807, 2.05) is 140 Å². The Morgan fingerprint density at radius 2 is 0.579 bits per heavy atom. The average molecular weight is 743 g/mol. The summed E-state index contributed by atoms with van der Waals surface area (Å²) in [6, 6.07) is 70.7. The second-order valence-electron chi connectivity index (χ2n) is 13.3. The van der Waals surface area contributed by atoms with Gasteiger partial charge in [0.25, 0.3) is 0 Å². The number of benzene rings is 7. The smallest absolute Gasteiger partial charge is 0.492 e. The van der Waals surface area contributed by atoms with E-state index in [0.717, 1.165) is 33.4 Å². The number of aromatic nitrogens is 8. The van der Waals surface area contributed by atoms with Crippen molar-refractivity contribution in [3.05, 3.63) is 246 Å². The van der Waals surface area contributed by atoms with Crippen LogP contribution in [0.25, 0.3) is 0 Å². The van der Waals surface area contributed by atoms with Crippen LogP contribution >= 0.6 is 0 Å². The molecular formula is C46H35BN8O2. The molecule has 0 unspecified atom stereocenters. The van der Waals surface area contributed by atoms with Crippen molar-refractivity contribution in [3.63, 3.8) is 0 Å². The largest absolute Gasteiger partial charge is 0.636 e. The summed E-state index contributed by atoms with van der Waals surface area (Å²) in [6.07, 6.45) is 0. The van der Waals surface area contributed by atoms with Gasteiger partial charge in [-0.25, -0.2) is 0 Å². The molecule has 9 aromatic rings. The summed E-state index contributed by atoms with van der Waals surface area (Å²) in [6.45, 7) is 0. The van der Waals surface area contributed by atoms with Crippen molar-refractivity contribution in [2.45, 2.75) is 11.1 Å². The van der Waals surface area contributed by atoms with Gasteiger partial charge in [-0.1, -0.05) is 223 Å². The van der Waals surface area contributed by atoms with Crippen LogP contribution in [0, 0.1) is 0 Å². The number of hydrogen-bond donors (Lipinski definition) is 0. The molecule has 9 rings (SSSR count). The Kier molecular flexibility index (Phi) is 9.60. The van der Waals surface area contributed by atoms with Crippen LogP contribution in [0.5, 0.6) is 12.0 Å². The Balaban J connectivity index is 1.22. The number of tetrazole rings is 2. The Morgan fingerprint density at radius 3 is 0.842 bits per heavy atom. The molecule has 0 saturated carbocycles. The van der Waals surface area contributed by atoms with Crippen molar-refractivity contribution in [2.75, 3.05) is 0 Å². The van der Waals surface area contributed by atoms with E-state index in [2.05, 4.69) is 104 Å². The van der Waals surface area contributed by atoms with Gasteiger partial charge in [0.15, 0.2) is 0 Å². The fourth-order valence-electron chi connectivity index (χ4n) is 7.70. The summed E-state index contributed by atoms with van der Waals surface area (Å²) in [4.78, 5) is 0. The van der Waals surface area contributed by atoms with Gasteiger partial charge < -0.3 is 9.31 Å². The van der Waals surface area contributed by atoms with Gasteiger partial charge in [-0.05, 0) is 54.2 Å². The Hall–Kier alpha value is -7.66. The summed E-state index contributed by atoms with van der Waals surface area (Å²) in [5.74, 6) is 0. The summed E-state index contributed by atoms with van der Waals surface area (Å²) >= 11 is 0. The van der Waals surface area contributed by atoms with Crippen molar-refractivity contribution in [3.8, 4) is 12.0 Å². The monoisotopic (exact) mass is 742 g/mol. The molecule has 10 nitrogen and oxygen atoms in total. The summed E-state index contributed by atoms with van der Waals surface area (Å²) in [5.41, 5.74) is 4.17. The maximum absolute atomic E-state index is 6.90. The third kappa shape index (κ3) is 6.30. The fraction of sp³-hybridized carbons (Fsp3) is 0.0435. The summed E-state index contributed by atoms with van der Waals surface area (Å²) in [7, 11) is -1.11. The van der Waals surface area contributed by atoms with E-state index in [4.69, 9.17) is 9.31 Å². The summed E-state index contributed by atoms with van der Waals surface area (Å²) < 4.78 is 17.2. The SMILES string of the molecule is c1ccc(B(Oc2nnnn2C(c2ccccc2)(c2ccccc2)c2ccccc2)Oc2nnnn2C(c2ccccc2)(c2ccccc2)c2ccccc2)cc1. The first kappa shape index (κ1) is 35.1. The standard InChI is InChI=1S/C46H35BN8O2/c1-8-22-36(23-9-1)45(37-24-10-2-11-25-37,38-26-12-3-13-27-38)54-43(48-50-52-54)56-47(42-34-20-7-21-35-42)57-44-49-51-53-55(44)46(39-28-14-4-15-29-39,40-30-16-5-17-31-40)41-32-18-6-19-33-41/h1-35H. The lowest BCUT2D eigenvalue weighted by Gasteiger charge is -2.36. The Labute approximate surface area is 330 Å². The molecule has 0 aliphatic carbocycles. The molecule has 0 N–H and O–H groups in total. The van der Waals surface area contributed by atoms with Crippen LogP contribution in [0.4, 0.5) is 0 Å². The third-order valence-electron chi connectivity index (χ3n) is 10.2. The van der Waals surface area contributed by atoms with Crippen molar-refractivity contribution >= 4 is 12.6 Å². The van der Waals surface area contributed by atoms with Gasteiger partial charge in [-0.3, -0.25) is 0 Å². The first-order chi connectivity index (χ1) is 28.3. The van der Waals surface area contributed by atoms with Crippen molar-refractivity contribution in [1.82, 2.24) is 40.4 Å². The lowest BCUT2D eigenvalue weighted by Crippen LogP contribution is -2.47. The molecule has 0 saturated heterocycles. The highest BCUT2D eigenvalue weighted by molar-refractivity contribution is 6.62. The lowest BCUT2D eigenvalue weighted by molar-refractivity contribution is 0.325. The van der Waals surface area contributed by atoms with E-state index in [-0.39, 0.29) is 12.0 Å². The zero-order chi connectivity index (χ0) is 38.3. The van der Waals surface area contributed by atoms with Crippen LogP contribution in [-0.2, 0) is 11.1 Å². The van der Waals surface area contributed by atoms with Gasteiger partial charge in [-0.2, -0.15) is 9.36 Å². The first-order valence-corrected chi connectivity index (χ1v) is 18.6. The predicted octanol–water partition coefficient (Wildman–Crippen LogP) is 7.19. The highest BCUT2D eigenvalue weighted by Crippen LogP contribution is 2.43. The van der Waals surface area contributed by atoms with Crippen LogP contribution < -0.4 is 14.8 Å². The second kappa shape index (κ2) is 15.6. The lowest BCUT2D eigenvalue weighted by atomic mass is 9.76. The fourth-order valence-corrected chi connectivity index (χ4v) is 7.70. The molecule has 2 heterocycles. The molecule has 7 aromatic carbocycles. The number of hydrogen-bond acceptors (Lipinski definition) is 8. The molecule has 11 heteroatoms. The Morgan fingerprint density at radius 1 is 0.333 bits per heavy atom. The minimum Gasteiger partial charge on any atom is -0.492 e. The van der Waals surface area contributed by atoms with E-state index in [1.165, 1.54) is 0 Å². The topological polar surface area (TPSA) is 106 Å². The maximum Gasteiger partial charge on any atom is 0.636 e. The van der Waals surface area contributed by atoms with Crippen molar-refractivity contribution < 1.29 is 9.31 Å². The molecular weight excluding hydrogens is 707 g/mol. The molecule has 274 valence electrons. The van der Waals surface area contributed by atoms with E-state index in [0.29, 0.717) is 5.46 Å². The van der Waals surface area contributed by atoms with Gasteiger partial charge in [0.05, 0.1) is 0 Å². The minimum atomic E-state index is -1.11. The predicted molar refractivity (Wildman–Crippen MR) is 218 cm³/mol. The van der Waals surface area contributed by atoms with E-state index in [1.54, 1.807) is 9.36 Å². The normalized spacial score (nSPS) is 11.5. The van der Waals surface area contributed by atoms with Crippen LogP contribution in [-0.4, -0.2) is 47.5 Å². The number of nitrogens with zero attached hydrogens (tertiary/aromatic N) is 8. The van der Waals surface area contributed by atoms with Crippen LogP contribution in [0.3, 0.4) is 0 Å². The van der Waals surface area contributed by atoms with Gasteiger partial charge >= 0.3 is 19.1 Å². The molecule has 57 heavy (non-hydrogen) atoms. The first-order valence-electron chi connectivity index (χ1n) is 18.6. The van der Waals surface area contributed by atoms with E-state index >= 15 is 0 Å². The molecule has 0 amide bonds. The molecule has 0 bridgehead atoms. The zero-order valence-corrected chi connectivity index (χ0v) is 30.7. The average Bonchev–Trinajstić information content (AvgIpc) is 3.97. The molecule has 2 aromatic heterocycles. The van der Waals surface area contributed by atoms with Crippen LogP contribution in [0.2, 0.25) is 0 Å². The summed E-state index contributed by atoms with van der Waals surface area (Å²) in [5, 5.41) is 26.8. The van der Waals surface area contributed by atoms with Crippen LogP contribution in [0.15, 0.2) is 212 Å². The van der Waals surface area contributed by atoms with Crippen LogP contribution in [0.1, 0.15) is 33.4 Å². The van der Waals surface area contributed by atoms with Gasteiger partial charge in [0, 0.05) is 5.46 Å². The van der Waals surface area contributed by atoms with Crippen molar-refractivity contribution in [1.29, 1.82) is 0 Å². The zero-order valence-electron chi connectivity index (χ0n) is 30.7. The molecule has 0 spiro atoms. The van der Waals surface area contributed by atoms with Gasteiger partial charge in [-0.15, -0.1) is 0 Å². The van der Waals surface area contributed by atoms with E-state index in [9.17, 15) is 0 Å². The molecule has 0 fully saturated rings. The maximum atomic E-state index is 6.90.